The highest BCUT2D eigenvalue weighted by Gasteiger charge is 2.26. The SMILES string of the molecule is CCN1CCN(C(=O)c2ncoc2-c2cccc(OC)c2)CC1. The van der Waals surface area contributed by atoms with E-state index in [1.807, 2.05) is 29.2 Å². The van der Waals surface area contributed by atoms with Gasteiger partial charge in [-0.05, 0) is 18.7 Å². The first-order valence-corrected chi connectivity index (χ1v) is 7.82. The number of hydrogen-bond acceptors (Lipinski definition) is 5. The van der Waals surface area contributed by atoms with Crippen LogP contribution in [0.15, 0.2) is 35.1 Å². The van der Waals surface area contributed by atoms with E-state index in [-0.39, 0.29) is 5.91 Å². The maximum absolute atomic E-state index is 12.8. The first-order valence-electron chi connectivity index (χ1n) is 7.82. The summed E-state index contributed by atoms with van der Waals surface area (Å²) in [5.41, 5.74) is 1.15. The number of nitrogens with zero attached hydrogens (tertiary/aromatic N) is 3. The average molecular weight is 315 g/mol. The lowest BCUT2D eigenvalue weighted by molar-refractivity contribution is 0.0638. The van der Waals surface area contributed by atoms with E-state index < -0.39 is 0 Å². The molecule has 0 bridgehead atoms. The third-order valence-corrected chi connectivity index (χ3v) is 4.21. The number of amides is 1. The van der Waals surface area contributed by atoms with Crippen LogP contribution in [0.2, 0.25) is 0 Å². The minimum Gasteiger partial charge on any atom is -0.497 e. The van der Waals surface area contributed by atoms with E-state index in [2.05, 4.69) is 16.8 Å². The third-order valence-electron chi connectivity index (χ3n) is 4.21. The van der Waals surface area contributed by atoms with Crippen LogP contribution < -0.4 is 4.74 Å². The van der Waals surface area contributed by atoms with Crippen molar-refractivity contribution in [3.8, 4) is 17.1 Å². The van der Waals surface area contributed by atoms with Gasteiger partial charge < -0.3 is 19.0 Å². The Morgan fingerprint density at radius 2 is 2.09 bits per heavy atom. The molecule has 1 fully saturated rings. The van der Waals surface area contributed by atoms with Gasteiger partial charge in [-0.25, -0.2) is 4.98 Å². The summed E-state index contributed by atoms with van der Waals surface area (Å²) in [5, 5.41) is 0. The maximum Gasteiger partial charge on any atom is 0.276 e. The van der Waals surface area contributed by atoms with Gasteiger partial charge in [0.2, 0.25) is 0 Å². The number of carbonyl (C=O) groups excluding carboxylic acids is 1. The summed E-state index contributed by atoms with van der Waals surface area (Å²) in [6.07, 6.45) is 1.32. The van der Waals surface area contributed by atoms with E-state index in [1.165, 1.54) is 6.39 Å². The third kappa shape index (κ3) is 3.22. The van der Waals surface area contributed by atoms with Gasteiger partial charge >= 0.3 is 0 Å². The summed E-state index contributed by atoms with van der Waals surface area (Å²) in [5.74, 6) is 1.13. The molecule has 0 spiro atoms. The van der Waals surface area contributed by atoms with Crippen LogP contribution in [0.5, 0.6) is 5.75 Å². The van der Waals surface area contributed by atoms with Crippen molar-refractivity contribution in [1.29, 1.82) is 0 Å². The standard InChI is InChI=1S/C17H21N3O3/c1-3-19-7-9-20(10-8-19)17(21)15-16(23-12-18-15)13-5-4-6-14(11-13)22-2/h4-6,11-12H,3,7-10H2,1-2H3. The second kappa shape index (κ2) is 6.83. The van der Waals surface area contributed by atoms with Crippen LogP contribution >= 0.6 is 0 Å². The Hall–Kier alpha value is -2.34. The molecule has 2 aromatic rings. The Kier molecular flexibility index (Phi) is 4.62. The molecule has 0 saturated carbocycles. The average Bonchev–Trinajstić information content (AvgIpc) is 3.11. The number of benzene rings is 1. The van der Waals surface area contributed by atoms with Crippen molar-refractivity contribution < 1.29 is 13.9 Å². The number of aromatic nitrogens is 1. The molecule has 1 saturated heterocycles. The van der Waals surface area contributed by atoms with Crippen LogP contribution in [0.3, 0.4) is 0 Å². The van der Waals surface area contributed by atoms with Crippen molar-refractivity contribution in [3.05, 3.63) is 36.4 Å². The van der Waals surface area contributed by atoms with Gasteiger partial charge in [-0.2, -0.15) is 0 Å². The van der Waals surface area contributed by atoms with E-state index in [4.69, 9.17) is 9.15 Å². The summed E-state index contributed by atoms with van der Waals surface area (Å²) in [7, 11) is 1.61. The number of ether oxygens (including phenoxy) is 1. The molecule has 6 heteroatoms. The van der Waals surface area contributed by atoms with Crippen LogP contribution in [-0.4, -0.2) is 60.5 Å². The Balaban J connectivity index is 1.82. The second-order valence-corrected chi connectivity index (χ2v) is 5.49. The molecule has 1 aromatic carbocycles. The number of likely N-dealkylation sites (N-methyl/N-ethyl adjacent to an activating group) is 1. The van der Waals surface area contributed by atoms with Gasteiger partial charge in [0.05, 0.1) is 7.11 Å². The van der Waals surface area contributed by atoms with E-state index in [1.54, 1.807) is 7.11 Å². The predicted molar refractivity (Wildman–Crippen MR) is 86.5 cm³/mol. The molecule has 1 aliphatic heterocycles. The Labute approximate surface area is 135 Å². The molecular weight excluding hydrogens is 294 g/mol. The highest BCUT2D eigenvalue weighted by atomic mass is 16.5. The van der Waals surface area contributed by atoms with Gasteiger partial charge in [-0.15, -0.1) is 0 Å². The molecule has 6 nitrogen and oxygen atoms in total. The van der Waals surface area contributed by atoms with E-state index in [9.17, 15) is 4.79 Å². The summed E-state index contributed by atoms with van der Waals surface area (Å²) >= 11 is 0. The molecule has 2 heterocycles. The van der Waals surface area contributed by atoms with E-state index in [0.29, 0.717) is 17.2 Å². The molecule has 23 heavy (non-hydrogen) atoms. The minimum atomic E-state index is -0.0766. The summed E-state index contributed by atoms with van der Waals surface area (Å²) in [6.45, 7) is 6.38. The largest absolute Gasteiger partial charge is 0.497 e. The fraction of sp³-hybridized carbons (Fsp3) is 0.412. The Morgan fingerprint density at radius 1 is 1.30 bits per heavy atom. The zero-order valence-corrected chi connectivity index (χ0v) is 13.5. The van der Waals surface area contributed by atoms with Crippen LogP contribution in [-0.2, 0) is 0 Å². The number of methoxy groups -OCH3 is 1. The van der Waals surface area contributed by atoms with Crippen LogP contribution in [0.1, 0.15) is 17.4 Å². The van der Waals surface area contributed by atoms with Gasteiger partial charge in [-0.3, -0.25) is 4.79 Å². The second-order valence-electron chi connectivity index (χ2n) is 5.49. The minimum absolute atomic E-state index is 0.0766. The Bertz CT molecular complexity index is 675. The number of oxazole rings is 1. The van der Waals surface area contributed by atoms with Gasteiger partial charge in [0.25, 0.3) is 5.91 Å². The molecule has 1 amide bonds. The summed E-state index contributed by atoms with van der Waals surface area (Å²) in [4.78, 5) is 21.1. The zero-order valence-electron chi connectivity index (χ0n) is 13.5. The van der Waals surface area contributed by atoms with Crippen molar-refractivity contribution in [2.24, 2.45) is 0 Å². The summed E-state index contributed by atoms with van der Waals surface area (Å²) < 4.78 is 10.7. The van der Waals surface area contributed by atoms with Crippen LogP contribution in [0.25, 0.3) is 11.3 Å². The van der Waals surface area contributed by atoms with Gasteiger partial charge in [0.15, 0.2) is 17.8 Å². The molecule has 0 atom stereocenters. The fourth-order valence-corrected chi connectivity index (χ4v) is 2.78. The molecule has 3 rings (SSSR count). The lowest BCUT2D eigenvalue weighted by atomic mass is 10.1. The molecular formula is C17H21N3O3. The highest BCUT2D eigenvalue weighted by molar-refractivity contribution is 5.97. The normalized spacial score (nSPS) is 15.7. The predicted octanol–water partition coefficient (Wildman–Crippen LogP) is 2.13. The smallest absolute Gasteiger partial charge is 0.276 e. The molecule has 1 aliphatic rings. The number of piperazine rings is 1. The molecule has 0 radical (unpaired) electrons. The van der Waals surface area contributed by atoms with Crippen molar-refractivity contribution in [3.63, 3.8) is 0 Å². The lowest BCUT2D eigenvalue weighted by Crippen LogP contribution is -2.48. The van der Waals surface area contributed by atoms with E-state index >= 15 is 0 Å². The quantitative estimate of drug-likeness (QED) is 0.865. The van der Waals surface area contributed by atoms with E-state index in [0.717, 1.165) is 38.3 Å². The number of hydrogen-bond donors (Lipinski definition) is 0. The van der Waals surface area contributed by atoms with Crippen LogP contribution in [0, 0.1) is 0 Å². The fourth-order valence-electron chi connectivity index (χ4n) is 2.78. The molecule has 0 unspecified atom stereocenters. The first kappa shape index (κ1) is 15.6. The highest BCUT2D eigenvalue weighted by Crippen LogP contribution is 2.27. The molecule has 122 valence electrons. The summed E-state index contributed by atoms with van der Waals surface area (Å²) in [6, 6.07) is 7.44. The maximum atomic E-state index is 12.8. The van der Waals surface area contributed by atoms with Gasteiger partial charge in [0.1, 0.15) is 5.75 Å². The zero-order chi connectivity index (χ0) is 16.2. The first-order chi connectivity index (χ1) is 11.2. The monoisotopic (exact) mass is 315 g/mol. The number of rotatable bonds is 4. The van der Waals surface area contributed by atoms with Crippen molar-refractivity contribution in [2.75, 3.05) is 39.8 Å². The topological polar surface area (TPSA) is 58.8 Å². The molecule has 0 aliphatic carbocycles. The van der Waals surface area contributed by atoms with Gasteiger partial charge in [-0.1, -0.05) is 19.1 Å². The molecule has 1 aromatic heterocycles. The van der Waals surface area contributed by atoms with Crippen molar-refractivity contribution >= 4 is 5.91 Å². The lowest BCUT2D eigenvalue weighted by Gasteiger charge is -2.33. The molecule has 0 N–H and O–H groups in total. The van der Waals surface area contributed by atoms with Crippen molar-refractivity contribution in [2.45, 2.75) is 6.92 Å². The van der Waals surface area contributed by atoms with Gasteiger partial charge in [0, 0.05) is 31.7 Å². The van der Waals surface area contributed by atoms with Crippen LogP contribution in [0.4, 0.5) is 0 Å². The number of carbonyl (C=O) groups is 1. The van der Waals surface area contributed by atoms with Crippen molar-refractivity contribution in [1.82, 2.24) is 14.8 Å². The Morgan fingerprint density at radius 3 is 2.78 bits per heavy atom.